The van der Waals surface area contributed by atoms with Crippen LogP contribution in [-0.2, 0) is 0 Å². The highest BCUT2D eigenvalue weighted by atomic mass is 16.3. The van der Waals surface area contributed by atoms with Crippen molar-refractivity contribution in [3.63, 3.8) is 0 Å². The van der Waals surface area contributed by atoms with Crippen molar-refractivity contribution in [3.05, 3.63) is 30.7 Å². The summed E-state index contributed by atoms with van der Waals surface area (Å²) < 4.78 is 0. The second-order valence-electron chi connectivity index (χ2n) is 6.82. The number of rotatable bonds is 4. The van der Waals surface area contributed by atoms with Crippen LogP contribution in [0.2, 0.25) is 0 Å². The molecule has 8 nitrogen and oxygen atoms in total. The normalized spacial score (nSPS) is 21.1. The Morgan fingerprint density at radius 1 is 0.962 bits per heavy atom. The third-order valence-corrected chi connectivity index (χ3v) is 5.22. The molecule has 4 rings (SSSR count). The van der Waals surface area contributed by atoms with Gasteiger partial charge >= 0.3 is 0 Å². The van der Waals surface area contributed by atoms with Crippen LogP contribution in [0.4, 0.5) is 17.5 Å². The van der Waals surface area contributed by atoms with Gasteiger partial charge in [0.25, 0.3) is 0 Å². The van der Waals surface area contributed by atoms with Crippen LogP contribution in [0.25, 0.3) is 0 Å². The van der Waals surface area contributed by atoms with Gasteiger partial charge in [-0.05, 0) is 31.4 Å². The molecule has 0 aromatic carbocycles. The summed E-state index contributed by atoms with van der Waals surface area (Å²) in [7, 11) is 0. The lowest BCUT2D eigenvalue weighted by Crippen LogP contribution is -2.34. The molecule has 1 unspecified atom stereocenters. The zero-order valence-corrected chi connectivity index (χ0v) is 14.9. The summed E-state index contributed by atoms with van der Waals surface area (Å²) in [6.07, 6.45) is 6.50. The van der Waals surface area contributed by atoms with Crippen molar-refractivity contribution in [2.45, 2.75) is 25.3 Å². The van der Waals surface area contributed by atoms with Gasteiger partial charge in [-0.2, -0.15) is 5.10 Å². The lowest BCUT2D eigenvalue weighted by Gasteiger charge is -2.26. The van der Waals surface area contributed by atoms with Crippen LogP contribution in [0.5, 0.6) is 0 Å². The van der Waals surface area contributed by atoms with Gasteiger partial charge < -0.3 is 19.8 Å². The topological polar surface area (TPSA) is 81.5 Å². The Bertz CT molecular complexity index is 714. The minimum absolute atomic E-state index is 0.175. The lowest BCUT2D eigenvalue weighted by atomic mass is 10.2. The van der Waals surface area contributed by atoms with Gasteiger partial charge in [0.1, 0.15) is 18.0 Å². The number of nitrogens with zero attached hydrogens (tertiary/aromatic N) is 7. The first-order valence-electron chi connectivity index (χ1n) is 9.32. The maximum Gasteiger partial charge on any atom is 0.151 e. The molecule has 2 aromatic heterocycles. The number of aliphatic hydroxyl groups is 1. The van der Waals surface area contributed by atoms with E-state index < -0.39 is 0 Å². The van der Waals surface area contributed by atoms with E-state index in [-0.39, 0.29) is 12.6 Å². The Morgan fingerprint density at radius 3 is 2.54 bits per heavy atom. The molecule has 138 valence electrons. The molecule has 0 bridgehead atoms. The number of anilines is 3. The summed E-state index contributed by atoms with van der Waals surface area (Å²) in [4.78, 5) is 15.7. The predicted molar refractivity (Wildman–Crippen MR) is 101 cm³/mol. The zero-order valence-electron chi connectivity index (χ0n) is 14.9. The summed E-state index contributed by atoms with van der Waals surface area (Å²) in [5.41, 5.74) is 0. The van der Waals surface area contributed by atoms with Crippen molar-refractivity contribution in [1.29, 1.82) is 0 Å². The molecule has 0 aliphatic carbocycles. The maximum absolute atomic E-state index is 9.58. The third kappa shape index (κ3) is 3.55. The average molecular weight is 355 g/mol. The summed E-state index contributed by atoms with van der Waals surface area (Å²) >= 11 is 0. The van der Waals surface area contributed by atoms with Crippen molar-refractivity contribution in [1.82, 2.24) is 20.2 Å². The van der Waals surface area contributed by atoms with Crippen molar-refractivity contribution < 1.29 is 5.11 Å². The quantitative estimate of drug-likeness (QED) is 0.868. The van der Waals surface area contributed by atoms with E-state index >= 15 is 0 Å². The fourth-order valence-electron chi connectivity index (χ4n) is 3.83. The van der Waals surface area contributed by atoms with Gasteiger partial charge in [-0.3, -0.25) is 0 Å². The minimum atomic E-state index is 0.175. The molecule has 26 heavy (non-hydrogen) atoms. The molecular formula is C18H25N7O. The number of aromatic nitrogens is 4. The predicted octanol–water partition coefficient (Wildman–Crippen LogP) is 0.944. The molecular weight excluding hydrogens is 330 g/mol. The minimum Gasteiger partial charge on any atom is -0.394 e. The van der Waals surface area contributed by atoms with Crippen molar-refractivity contribution in [2.24, 2.45) is 0 Å². The van der Waals surface area contributed by atoms with E-state index in [1.165, 1.54) is 0 Å². The first-order chi connectivity index (χ1) is 12.8. The fourth-order valence-corrected chi connectivity index (χ4v) is 3.83. The highest BCUT2D eigenvalue weighted by molar-refractivity contribution is 5.52. The molecule has 2 saturated heterocycles. The highest BCUT2D eigenvalue weighted by Crippen LogP contribution is 2.26. The van der Waals surface area contributed by atoms with E-state index in [4.69, 9.17) is 0 Å². The standard InChI is InChI=1S/C18H25N7O/c26-13-15-4-2-9-25(15)18-12-17(19-14-20-18)24-8-3-7-23(10-11-24)16-5-1-6-21-22-16/h1,5-6,12,14-15,26H,2-4,7-11,13H2. The van der Waals surface area contributed by atoms with E-state index in [2.05, 4.69) is 40.9 Å². The second-order valence-corrected chi connectivity index (χ2v) is 6.82. The Kier molecular flexibility index (Phi) is 5.10. The fraction of sp³-hybridized carbons (Fsp3) is 0.556. The molecule has 0 amide bonds. The van der Waals surface area contributed by atoms with Gasteiger partial charge in [-0.25, -0.2) is 9.97 Å². The van der Waals surface area contributed by atoms with Crippen LogP contribution in [-0.4, -0.2) is 70.6 Å². The lowest BCUT2D eigenvalue weighted by molar-refractivity contribution is 0.266. The van der Waals surface area contributed by atoms with E-state index in [0.717, 1.165) is 69.4 Å². The highest BCUT2D eigenvalue weighted by Gasteiger charge is 2.26. The molecule has 0 radical (unpaired) electrons. The van der Waals surface area contributed by atoms with Gasteiger partial charge in [0.2, 0.25) is 0 Å². The zero-order chi connectivity index (χ0) is 17.8. The molecule has 2 aliphatic heterocycles. The van der Waals surface area contributed by atoms with Gasteiger partial charge in [0.15, 0.2) is 5.82 Å². The van der Waals surface area contributed by atoms with Crippen LogP contribution < -0.4 is 14.7 Å². The molecule has 1 atom stereocenters. The van der Waals surface area contributed by atoms with Crippen LogP contribution >= 0.6 is 0 Å². The van der Waals surface area contributed by atoms with E-state index in [1.54, 1.807) is 12.5 Å². The molecule has 2 aliphatic rings. The molecule has 4 heterocycles. The van der Waals surface area contributed by atoms with Gasteiger partial charge in [-0.15, -0.1) is 5.10 Å². The van der Waals surface area contributed by atoms with Crippen molar-refractivity contribution >= 4 is 17.5 Å². The molecule has 0 saturated carbocycles. The summed E-state index contributed by atoms with van der Waals surface area (Å²) in [5.74, 6) is 2.81. The Hall–Kier alpha value is -2.48. The summed E-state index contributed by atoms with van der Waals surface area (Å²) in [6.45, 7) is 4.82. The number of aliphatic hydroxyl groups excluding tert-OH is 1. The van der Waals surface area contributed by atoms with Crippen LogP contribution in [0.15, 0.2) is 30.7 Å². The first-order valence-corrected chi connectivity index (χ1v) is 9.32. The van der Waals surface area contributed by atoms with E-state index in [0.29, 0.717) is 0 Å². The summed E-state index contributed by atoms with van der Waals surface area (Å²) in [5, 5.41) is 17.8. The molecule has 8 heteroatoms. The van der Waals surface area contributed by atoms with Gasteiger partial charge in [0, 0.05) is 45.0 Å². The van der Waals surface area contributed by atoms with Crippen LogP contribution in [0.1, 0.15) is 19.3 Å². The number of hydrogen-bond donors (Lipinski definition) is 1. The van der Waals surface area contributed by atoms with Crippen LogP contribution in [0, 0.1) is 0 Å². The smallest absolute Gasteiger partial charge is 0.151 e. The summed E-state index contributed by atoms with van der Waals surface area (Å²) in [6, 6.07) is 6.17. The Morgan fingerprint density at radius 2 is 1.77 bits per heavy atom. The van der Waals surface area contributed by atoms with Gasteiger partial charge in [0.05, 0.1) is 12.6 Å². The van der Waals surface area contributed by atoms with Gasteiger partial charge in [-0.1, -0.05) is 0 Å². The SMILES string of the molecule is OCC1CCCN1c1cc(N2CCCN(c3cccnn3)CC2)ncn1. The Labute approximate surface area is 153 Å². The largest absolute Gasteiger partial charge is 0.394 e. The molecule has 0 spiro atoms. The Balaban J connectivity index is 1.47. The average Bonchev–Trinajstić information content (AvgIpc) is 3.05. The van der Waals surface area contributed by atoms with E-state index in [9.17, 15) is 5.11 Å². The van der Waals surface area contributed by atoms with Crippen LogP contribution in [0.3, 0.4) is 0 Å². The van der Waals surface area contributed by atoms with E-state index in [1.807, 2.05) is 12.1 Å². The van der Waals surface area contributed by atoms with Crippen molar-refractivity contribution in [3.8, 4) is 0 Å². The third-order valence-electron chi connectivity index (χ3n) is 5.22. The molecule has 2 aromatic rings. The first kappa shape index (κ1) is 17.0. The maximum atomic E-state index is 9.58. The molecule has 1 N–H and O–H groups in total. The van der Waals surface area contributed by atoms with Crippen molar-refractivity contribution in [2.75, 3.05) is 54.0 Å². The number of hydrogen-bond acceptors (Lipinski definition) is 8. The second kappa shape index (κ2) is 7.82. The monoisotopic (exact) mass is 355 g/mol. The molecule has 2 fully saturated rings.